The second kappa shape index (κ2) is 6.94. The average Bonchev–Trinajstić information content (AvgIpc) is 2.79. The Kier molecular flexibility index (Phi) is 4.70. The van der Waals surface area contributed by atoms with E-state index in [4.69, 9.17) is 4.74 Å². The minimum Gasteiger partial charge on any atom is -0.458 e. The van der Waals surface area contributed by atoms with Crippen LogP contribution in [0, 0.1) is 76.2 Å². The second-order valence-corrected chi connectivity index (χ2v) is 11.1. The number of ether oxygens (including phenoxy) is 1. The van der Waals surface area contributed by atoms with Crippen LogP contribution < -0.4 is 21.1 Å². The van der Waals surface area contributed by atoms with Crippen molar-refractivity contribution in [2.75, 3.05) is 0 Å². The third-order valence-corrected chi connectivity index (χ3v) is 10.4. The van der Waals surface area contributed by atoms with Crippen molar-refractivity contribution in [3.05, 3.63) is 61.2 Å². The van der Waals surface area contributed by atoms with Gasteiger partial charge in [-0.25, -0.2) is 0 Å². The maximum absolute atomic E-state index is 6.86. The van der Waals surface area contributed by atoms with E-state index in [0.717, 1.165) is 11.5 Å². The highest BCUT2D eigenvalue weighted by atomic mass is 32.2. The van der Waals surface area contributed by atoms with Crippen molar-refractivity contribution in [3.63, 3.8) is 0 Å². The molecular formula is C29H33BOS. The lowest BCUT2D eigenvalue weighted by Gasteiger charge is -2.39. The summed E-state index contributed by atoms with van der Waals surface area (Å²) in [5, 5.41) is 0. The van der Waals surface area contributed by atoms with Gasteiger partial charge >= 0.3 is 0 Å². The standard InChI is InChI=1S/C29H33BOS/c1-12-14(3)19(8)26-23(17(12)6)30-24-18(7)13(2)15(4)21(10)28(24)32-29-22(11)16(5)20(9)27(31-26)25(29)30/h1-11H3. The fourth-order valence-electron chi connectivity index (χ4n) is 5.86. The summed E-state index contributed by atoms with van der Waals surface area (Å²) >= 11 is 1.97. The Labute approximate surface area is 198 Å². The molecule has 32 heavy (non-hydrogen) atoms. The minimum absolute atomic E-state index is 0.231. The first-order valence-corrected chi connectivity index (χ1v) is 12.5. The summed E-state index contributed by atoms with van der Waals surface area (Å²) in [5.74, 6) is 2.19. The lowest BCUT2D eigenvalue weighted by Crippen LogP contribution is -2.60. The highest BCUT2D eigenvalue weighted by Crippen LogP contribution is 2.45. The highest BCUT2D eigenvalue weighted by Gasteiger charge is 2.44. The van der Waals surface area contributed by atoms with Crippen LogP contribution in [0.15, 0.2) is 9.79 Å². The van der Waals surface area contributed by atoms with E-state index in [1.807, 2.05) is 11.8 Å². The van der Waals surface area contributed by atoms with Crippen molar-refractivity contribution in [2.24, 2.45) is 0 Å². The van der Waals surface area contributed by atoms with Gasteiger partial charge in [0.15, 0.2) is 0 Å². The van der Waals surface area contributed by atoms with Crippen LogP contribution in [0.25, 0.3) is 0 Å². The summed E-state index contributed by atoms with van der Waals surface area (Å²) in [6.45, 7) is 25.3. The monoisotopic (exact) mass is 440 g/mol. The molecule has 0 unspecified atom stereocenters. The Morgan fingerprint density at radius 3 is 1.34 bits per heavy atom. The van der Waals surface area contributed by atoms with E-state index >= 15 is 0 Å². The van der Waals surface area contributed by atoms with E-state index < -0.39 is 0 Å². The van der Waals surface area contributed by atoms with Gasteiger partial charge in [0.1, 0.15) is 11.5 Å². The predicted octanol–water partition coefficient (Wildman–Crippen LogP) is 6.17. The third kappa shape index (κ3) is 2.49. The smallest absolute Gasteiger partial charge is 0.254 e. The van der Waals surface area contributed by atoms with Crippen molar-refractivity contribution >= 4 is 34.9 Å². The van der Waals surface area contributed by atoms with Gasteiger partial charge in [0.05, 0.1) is 0 Å². The van der Waals surface area contributed by atoms with Gasteiger partial charge in [-0.15, -0.1) is 0 Å². The normalized spacial score (nSPS) is 13.5. The Balaban J connectivity index is 2.03. The van der Waals surface area contributed by atoms with E-state index in [9.17, 15) is 0 Å². The average molecular weight is 440 g/mol. The molecule has 0 bridgehead atoms. The van der Waals surface area contributed by atoms with Gasteiger partial charge in [-0.05, 0) is 143 Å². The number of rotatable bonds is 0. The Morgan fingerprint density at radius 2 is 0.781 bits per heavy atom. The van der Waals surface area contributed by atoms with Gasteiger partial charge in [0.25, 0.3) is 6.71 Å². The molecule has 2 aliphatic heterocycles. The fraction of sp³-hybridized carbons (Fsp3) is 0.379. The SMILES string of the molecule is Cc1c(C)c(C)c2c(c1C)Oc1c(C)c(C)c(C)c3c1B2c1c(C)c(C)c(C)c(C)c1S3. The van der Waals surface area contributed by atoms with Gasteiger partial charge < -0.3 is 4.74 Å². The first kappa shape index (κ1) is 21.7. The van der Waals surface area contributed by atoms with E-state index in [1.165, 1.54) is 87.4 Å². The number of hydrogen-bond acceptors (Lipinski definition) is 2. The molecule has 2 heterocycles. The first-order chi connectivity index (χ1) is 15.0. The van der Waals surface area contributed by atoms with Crippen LogP contribution in [0.2, 0.25) is 0 Å². The maximum atomic E-state index is 6.86. The summed E-state index contributed by atoms with van der Waals surface area (Å²) in [7, 11) is 0. The van der Waals surface area contributed by atoms with Crippen LogP contribution in [0.5, 0.6) is 11.5 Å². The molecule has 3 heteroatoms. The first-order valence-electron chi connectivity index (χ1n) is 11.7. The van der Waals surface area contributed by atoms with Crippen molar-refractivity contribution in [1.29, 1.82) is 0 Å². The van der Waals surface area contributed by atoms with E-state index in [0.29, 0.717) is 0 Å². The number of fused-ring (bicyclic) bond motifs is 4. The maximum Gasteiger partial charge on any atom is 0.254 e. The zero-order chi connectivity index (χ0) is 23.4. The molecule has 3 aromatic carbocycles. The van der Waals surface area contributed by atoms with Gasteiger partial charge in [-0.3, -0.25) is 0 Å². The van der Waals surface area contributed by atoms with Crippen LogP contribution in [0.1, 0.15) is 61.2 Å². The van der Waals surface area contributed by atoms with E-state index in [-0.39, 0.29) is 6.71 Å². The van der Waals surface area contributed by atoms with Crippen molar-refractivity contribution < 1.29 is 4.74 Å². The Hall–Kier alpha value is -2.13. The van der Waals surface area contributed by atoms with Crippen LogP contribution in [-0.4, -0.2) is 6.71 Å². The Morgan fingerprint density at radius 1 is 0.406 bits per heavy atom. The van der Waals surface area contributed by atoms with Crippen LogP contribution in [-0.2, 0) is 0 Å². The molecule has 5 rings (SSSR count). The minimum atomic E-state index is 0.231. The van der Waals surface area contributed by atoms with E-state index in [1.54, 1.807) is 0 Å². The molecule has 0 atom stereocenters. The molecule has 0 N–H and O–H groups in total. The highest BCUT2D eigenvalue weighted by molar-refractivity contribution is 8.00. The topological polar surface area (TPSA) is 9.23 Å². The second-order valence-electron chi connectivity index (χ2n) is 10.1. The van der Waals surface area contributed by atoms with Gasteiger partial charge in [0.2, 0.25) is 0 Å². The summed E-state index contributed by atoms with van der Waals surface area (Å²) in [5.41, 5.74) is 19.5. The molecule has 0 aliphatic carbocycles. The lowest BCUT2D eigenvalue weighted by molar-refractivity contribution is 0.477. The predicted molar refractivity (Wildman–Crippen MR) is 140 cm³/mol. The zero-order valence-corrected chi connectivity index (χ0v) is 22.2. The van der Waals surface area contributed by atoms with Crippen LogP contribution in [0.4, 0.5) is 0 Å². The molecule has 164 valence electrons. The van der Waals surface area contributed by atoms with Crippen LogP contribution >= 0.6 is 11.8 Å². The molecule has 0 spiro atoms. The molecule has 0 aromatic heterocycles. The summed E-state index contributed by atoms with van der Waals surface area (Å²) in [6.07, 6.45) is 0. The molecule has 0 saturated heterocycles. The molecule has 0 saturated carbocycles. The summed E-state index contributed by atoms with van der Waals surface area (Å²) in [4.78, 5) is 2.87. The molecule has 0 amide bonds. The quantitative estimate of drug-likeness (QED) is 0.267. The third-order valence-electron chi connectivity index (χ3n) is 8.92. The molecule has 1 nitrogen and oxygen atoms in total. The van der Waals surface area contributed by atoms with Gasteiger partial charge in [0, 0.05) is 9.79 Å². The van der Waals surface area contributed by atoms with Gasteiger partial charge in [-0.1, -0.05) is 22.8 Å². The number of hydrogen-bond donors (Lipinski definition) is 0. The lowest BCUT2D eigenvalue weighted by atomic mass is 9.33. The van der Waals surface area contributed by atoms with Crippen molar-refractivity contribution in [2.45, 2.75) is 86.0 Å². The molecule has 0 fully saturated rings. The van der Waals surface area contributed by atoms with Crippen molar-refractivity contribution in [1.82, 2.24) is 0 Å². The Bertz CT molecular complexity index is 1240. The largest absolute Gasteiger partial charge is 0.458 e. The summed E-state index contributed by atoms with van der Waals surface area (Å²) < 4.78 is 6.86. The molecule has 2 aliphatic rings. The molecular weight excluding hydrogens is 407 g/mol. The molecule has 0 radical (unpaired) electrons. The van der Waals surface area contributed by atoms with Gasteiger partial charge in [-0.2, -0.15) is 0 Å². The summed E-state index contributed by atoms with van der Waals surface area (Å²) in [6, 6.07) is 0. The van der Waals surface area contributed by atoms with Crippen LogP contribution in [0.3, 0.4) is 0 Å². The fourth-order valence-corrected chi connectivity index (χ4v) is 7.38. The number of benzene rings is 3. The van der Waals surface area contributed by atoms with Crippen molar-refractivity contribution in [3.8, 4) is 11.5 Å². The van der Waals surface area contributed by atoms with E-state index in [2.05, 4.69) is 76.2 Å². The molecule has 3 aromatic rings. The zero-order valence-electron chi connectivity index (χ0n) is 21.4.